The Kier molecular flexibility index (Phi) is 5.34. The summed E-state index contributed by atoms with van der Waals surface area (Å²) in [7, 11) is 3.22. The Morgan fingerprint density at radius 3 is 2.50 bits per heavy atom. The fraction of sp³-hybridized carbons (Fsp3) is 0.286. The van der Waals surface area contributed by atoms with Gasteiger partial charge in [-0.2, -0.15) is 0 Å². The van der Waals surface area contributed by atoms with E-state index in [1.807, 2.05) is 24.3 Å². The highest BCUT2D eigenvalue weighted by atomic mass is 16.5. The summed E-state index contributed by atoms with van der Waals surface area (Å²) in [5, 5.41) is 12.9. The summed E-state index contributed by atoms with van der Waals surface area (Å²) in [6.45, 7) is 2.45. The Balaban J connectivity index is 1.43. The highest BCUT2D eigenvalue weighted by Gasteiger charge is 2.15. The van der Waals surface area contributed by atoms with E-state index < -0.39 is 0 Å². The number of methoxy groups -OCH3 is 2. The molecule has 0 amide bonds. The highest BCUT2D eigenvalue weighted by Crippen LogP contribution is 2.30. The van der Waals surface area contributed by atoms with Crippen LogP contribution in [0.1, 0.15) is 12.0 Å². The van der Waals surface area contributed by atoms with E-state index in [2.05, 4.69) is 50.7 Å². The van der Waals surface area contributed by atoms with Crippen LogP contribution in [0.3, 0.4) is 0 Å². The minimum Gasteiger partial charge on any atom is -0.493 e. The molecule has 3 aromatic rings. The minimum atomic E-state index is 0.568. The van der Waals surface area contributed by atoms with Gasteiger partial charge in [0.25, 0.3) is 0 Å². The van der Waals surface area contributed by atoms with E-state index in [1.54, 1.807) is 19.0 Å². The molecule has 0 N–H and O–H groups in total. The lowest BCUT2D eigenvalue weighted by Crippen LogP contribution is -2.31. The normalized spacial score (nSPS) is 14.6. The van der Waals surface area contributed by atoms with Crippen LogP contribution < -0.4 is 9.47 Å². The van der Waals surface area contributed by atoms with Crippen LogP contribution in [0.2, 0.25) is 0 Å². The van der Waals surface area contributed by atoms with E-state index in [-0.39, 0.29) is 0 Å². The standard InChI is InChI=1S/C21H23N5O2/c1-27-19-9-8-18(14-20(19)28-2)21-22-24-26(23-21)15-25-12-10-17(11-13-25)16-6-4-3-5-7-16/h3-10,14H,11-13,15H2,1-2H3. The van der Waals surface area contributed by atoms with Gasteiger partial charge >= 0.3 is 0 Å². The second-order valence-corrected chi connectivity index (χ2v) is 6.62. The molecule has 7 heteroatoms. The maximum atomic E-state index is 5.35. The van der Waals surface area contributed by atoms with E-state index in [9.17, 15) is 0 Å². The molecule has 1 aliphatic heterocycles. The van der Waals surface area contributed by atoms with Crippen LogP contribution in [0.25, 0.3) is 17.0 Å². The van der Waals surface area contributed by atoms with Crippen molar-refractivity contribution in [2.24, 2.45) is 0 Å². The Labute approximate surface area is 164 Å². The zero-order valence-electron chi connectivity index (χ0n) is 16.1. The second kappa shape index (κ2) is 8.22. The van der Waals surface area contributed by atoms with Gasteiger partial charge in [-0.15, -0.1) is 15.0 Å². The van der Waals surface area contributed by atoms with E-state index in [1.165, 1.54) is 11.1 Å². The van der Waals surface area contributed by atoms with Crippen LogP contribution in [-0.2, 0) is 6.67 Å². The van der Waals surface area contributed by atoms with E-state index >= 15 is 0 Å². The van der Waals surface area contributed by atoms with Gasteiger partial charge in [0.05, 0.1) is 14.2 Å². The van der Waals surface area contributed by atoms with E-state index in [4.69, 9.17) is 9.47 Å². The fourth-order valence-corrected chi connectivity index (χ4v) is 3.33. The second-order valence-electron chi connectivity index (χ2n) is 6.62. The quantitative estimate of drug-likeness (QED) is 0.658. The number of nitrogens with zero attached hydrogens (tertiary/aromatic N) is 5. The number of tetrazole rings is 1. The molecule has 0 spiro atoms. The number of rotatable bonds is 6. The van der Waals surface area contributed by atoms with Gasteiger partial charge in [-0.25, -0.2) is 0 Å². The van der Waals surface area contributed by atoms with Crippen molar-refractivity contribution in [3.8, 4) is 22.9 Å². The van der Waals surface area contributed by atoms with Gasteiger partial charge < -0.3 is 9.47 Å². The van der Waals surface area contributed by atoms with Crippen molar-refractivity contribution in [1.82, 2.24) is 25.1 Å². The van der Waals surface area contributed by atoms with Gasteiger partial charge in [0.1, 0.15) is 6.67 Å². The fourth-order valence-electron chi connectivity index (χ4n) is 3.33. The zero-order valence-corrected chi connectivity index (χ0v) is 16.1. The SMILES string of the molecule is COc1ccc(-c2nnn(CN3CC=C(c4ccccc4)CC3)n2)cc1OC. The van der Waals surface area contributed by atoms with E-state index in [0.717, 1.165) is 25.1 Å². The maximum absolute atomic E-state index is 5.35. The average Bonchev–Trinajstić information content (AvgIpc) is 3.23. The minimum absolute atomic E-state index is 0.568. The molecule has 28 heavy (non-hydrogen) atoms. The lowest BCUT2D eigenvalue weighted by atomic mass is 10.00. The number of aromatic nitrogens is 4. The lowest BCUT2D eigenvalue weighted by Gasteiger charge is -2.25. The van der Waals surface area contributed by atoms with Crippen LogP contribution in [0, 0.1) is 0 Å². The third-order valence-electron chi connectivity index (χ3n) is 4.86. The smallest absolute Gasteiger partial charge is 0.205 e. The summed E-state index contributed by atoms with van der Waals surface area (Å²) in [5.74, 6) is 1.89. The first-order chi connectivity index (χ1) is 13.8. The van der Waals surface area contributed by atoms with Crippen LogP contribution >= 0.6 is 0 Å². The van der Waals surface area contributed by atoms with Crippen molar-refractivity contribution >= 4 is 5.57 Å². The third kappa shape index (κ3) is 3.89. The van der Waals surface area contributed by atoms with Gasteiger partial charge in [-0.1, -0.05) is 36.4 Å². The first-order valence-electron chi connectivity index (χ1n) is 9.24. The maximum Gasteiger partial charge on any atom is 0.205 e. The molecule has 0 unspecified atom stereocenters. The van der Waals surface area contributed by atoms with Crippen molar-refractivity contribution in [2.75, 3.05) is 27.3 Å². The molecule has 1 aliphatic rings. The Morgan fingerprint density at radius 1 is 0.964 bits per heavy atom. The molecule has 0 aliphatic carbocycles. The van der Waals surface area contributed by atoms with Crippen LogP contribution in [0.15, 0.2) is 54.6 Å². The van der Waals surface area contributed by atoms with Crippen molar-refractivity contribution in [2.45, 2.75) is 13.1 Å². The number of hydrogen-bond acceptors (Lipinski definition) is 6. The van der Waals surface area contributed by atoms with Gasteiger partial charge in [-0.05, 0) is 41.0 Å². The Hall–Kier alpha value is -3.19. The molecule has 0 fully saturated rings. The number of benzene rings is 2. The molecule has 0 saturated heterocycles. The van der Waals surface area contributed by atoms with Crippen LogP contribution in [-0.4, -0.2) is 52.4 Å². The lowest BCUT2D eigenvalue weighted by molar-refractivity contribution is 0.211. The van der Waals surface area contributed by atoms with Crippen LogP contribution in [0.4, 0.5) is 0 Å². The summed E-state index contributed by atoms with van der Waals surface area (Å²) in [6, 6.07) is 16.1. The van der Waals surface area contributed by atoms with Gasteiger partial charge in [0.15, 0.2) is 11.5 Å². The molecular formula is C21H23N5O2. The molecule has 2 aromatic carbocycles. The molecular weight excluding hydrogens is 354 g/mol. The topological polar surface area (TPSA) is 65.3 Å². The molecule has 0 atom stereocenters. The Morgan fingerprint density at radius 2 is 1.79 bits per heavy atom. The third-order valence-corrected chi connectivity index (χ3v) is 4.86. The first kappa shape index (κ1) is 18.2. The largest absolute Gasteiger partial charge is 0.493 e. The molecule has 0 radical (unpaired) electrons. The summed E-state index contributed by atoms with van der Waals surface area (Å²) >= 11 is 0. The van der Waals surface area contributed by atoms with Crippen molar-refractivity contribution in [1.29, 1.82) is 0 Å². The monoisotopic (exact) mass is 377 g/mol. The van der Waals surface area contributed by atoms with Gasteiger partial charge in [0.2, 0.25) is 5.82 Å². The van der Waals surface area contributed by atoms with Crippen molar-refractivity contribution in [3.63, 3.8) is 0 Å². The summed E-state index contributed by atoms with van der Waals surface area (Å²) in [4.78, 5) is 3.93. The van der Waals surface area contributed by atoms with E-state index in [0.29, 0.717) is 24.0 Å². The summed E-state index contributed by atoms with van der Waals surface area (Å²) in [5.41, 5.74) is 3.54. The molecule has 1 aromatic heterocycles. The number of ether oxygens (including phenoxy) is 2. The predicted molar refractivity (Wildman–Crippen MR) is 107 cm³/mol. The van der Waals surface area contributed by atoms with Crippen LogP contribution in [0.5, 0.6) is 11.5 Å². The molecule has 0 bridgehead atoms. The Bertz CT molecular complexity index is 968. The zero-order chi connectivity index (χ0) is 19.3. The summed E-state index contributed by atoms with van der Waals surface area (Å²) in [6.07, 6.45) is 3.30. The van der Waals surface area contributed by atoms with Gasteiger partial charge in [0, 0.05) is 18.7 Å². The molecule has 2 heterocycles. The average molecular weight is 377 g/mol. The predicted octanol–water partition coefficient (Wildman–Crippen LogP) is 3.10. The van der Waals surface area contributed by atoms with Crippen molar-refractivity contribution in [3.05, 3.63) is 60.2 Å². The highest BCUT2D eigenvalue weighted by molar-refractivity contribution is 5.66. The summed E-state index contributed by atoms with van der Waals surface area (Å²) < 4.78 is 10.6. The molecule has 0 saturated carbocycles. The molecule has 7 nitrogen and oxygen atoms in total. The van der Waals surface area contributed by atoms with Crippen molar-refractivity contribution < 1.29 is 9.47 Å². The molecule has 144 valence electrons. The number of hydrogen-bond donors (Lipinski definition) is 0. The first-order valence-corrected chi connectivity index (χ1v) is 9.24. The molecule has 4 rings (SSSR count). The van der Waals surface area contributed by atoms with Gasteiger partial charge in [-0.3, -0.25) is 4.90 Å².